The van der Waals surface area contributed by atoms with Gasteiger partial charge in [-0.2, -0.15) is 4.31 Å². The zero-order valence-electron chi connectivity index (χ0n) is 21.1. The monoisotopic (exact) mass is 552 g/mol. The fourth-order valence-corrected chi connectivity index (χ4v) is 6.19. The van der Waals surface area contributed by atoms with Crippen LogP contribution in [0.1, 0.15) is 24.2 Å². The van der Waals surface area contributed by atoms with Crippen LogP contribution in [0.15, 0.2) is 53.4 Å². The van der Waals surface area contributed by atoms with Crippen LogP contribution in [0.3, 0.4) is 0 Å². The fourth-order valence-electron chi connectivity index (χ4n) is 3.87. The van der Waals surface area contributed by atoms with E-state index in [1.165, 1.54) is 52.8 Å². The molecule has 2 aromatic rings. The summed E-state index contributed by atoms with van der Waals surface area (Å²) in [6.45, 7) is 5.57. The molecule has 1 aliphatic rings. The highest BCUT2D eigenvalue weighted by atomic mass is 32.2. The lowest BCUT2D eigenvalue weighted by atomic mass is 10.1. The molecule has 37 heavy (non-hydrogen) atoms. The Labute approximate surface area is 218 Å². The lowest BCUT2D eigenvalue weighted by Crippen LogP contribution is -2.40. The Balaban J connectivity index is 1.70. The maximum absolute atomic E-state index is 12.7. The Morgan fingerprint density at radius 1 is 0.919 bits per heavy atom. The van der Waals surface area contributed by atoms with E-state index in [2.05, 4.69) is 5.32 Å². The lowest BCUT2D eigenvalue weighted by Gasteiger charge is -2.27. The molecule has 2 aromatic carbocycles. The second kappa shape index (κ2) is 12.0. The number of anilines is 2. The van der Waals surface area contributed by atoms with Gasteiger partial charge in [-0.1, -0.05) is 13.8 Å². The molecular formula is C24H32N4O7S2. The number of sulfonamides is 2. The van der Waals surface area contributed by atoms with E-state index in [-0.39, 0.29) is 16.5 Å². The molecule has 1 heterocycles. The van der Waals surface area contributed by atoms with Crippen LogP contribution in [0.5, 0.6) is 0 Å². The van der Waals surface area contributed by atoms with Crippen molar-refractivity contribution in [2.75, 3.05) is 61.8 Å². The van der Waals surface area contributed by atoms with Gasteiger partial charge in [-0.3, -0.25) is 13.9 Å². The molecule has 1 saturated heterocycles. The third-order valence-electron chi connectivity index (χ3n) is 5.87. The van der Waals surface area contributed by atoms with Crippen LogP contribution in [0.25, 0.3) is 0 Å². The summed E-state index contributed by atoms with van der Waals surface area (Å²) < 4.78 is 57.7. The smallest absolute Gasteiger partial charge is 0.254 e. The van der Waals surface area contributed by atoms with Crippen LogP contribution in [-0.4, -0.2) is 90.0 Å². The van der Waals surface area contributed by atoms with Crippen LogP contribution in [-0.2, 0) is 29.6 Å². The molecule has 1 fully saturated rings. The molecular weight excluding hydrogens is 520 g/mol. The van der Waals surface area contributed by atoms with E-state index in [9.17, 15) is 26.4 Å². The zero-order chi connectivity index (χ0) is 27.2. The summed E-state index contributed by atoms with van der Waals surface area (Å²) in [5, 5.41) is 2.60. The third kappa shape index (κ3) is 7.06. The van der Waals surface area contributed by atoms with Gasteiger partial charge in [0.15, 0.2) is 0 Å². The molecule has 202 valence electrons. The van der Waals surface area contributed by atoms with Gasteiger partial charge in [-0.15, -0.1) is 0 Å². The first-order valence-electron chi connectivity index (χ1n) is 11.8. The molecule has 0 spiro atoms. The SMILES string of the molecule is CCN(CC)S(=O)(=O)c1ccc(NC(=O)CN(c2ccc(C(=O)N3CCOCC3)cc2)S(C)(=O)=O)cc1. The van der Waals surface area contributed by atoms with Crippen molar-refractivity contribution < 1.29 is 31.2 Å². The first kappa shape index (κ1) is 28.6. The Kier molecular flexibility index (Phi) is 9.29. The molecule has 0 unspecified atom stereocenters. The Hall–Kier alpha value is -3.00. The number of hydrogen-bond donors (Lipinski definition) is 1. The van der Waals surface area contributed by atoms with E-state index in [4.69, 9.17) is 4.74 Å². The van der Waals surface area contributed by atoms with Crippen molar-refractivity contribution in [2.45, 2.75) is 18.7 Å². The third-order valence-corrected chi connectivity index (χ3v) is 9.07. The van der Waals surface area contributed by atoms with Gasteiger partial charge >= 0.3 is 0 Å². The van der Waals surface area contributed by atoms with E-state index < -0.39 is 32.5 Å². The molecule has 0 saturated carbocycles. The molecule has 0 aliphatic carbocycles. The highest BCUT2D eigenvalue weighted by Crippen LogP contribution is 2.21. The van der Waals surface area contributed by atoms with E-state index in [0.29, 0.717) is 50.6 Å². The van der Waals surface area contributed by atoms with Crippen molar-refractivity contribution in [3.8, 4) is 0 Å². The van der Waals surface area contributed by atoms with Gasteiger partial charge in [0.1, 0.15) is 6.54 Å². The lowest BCUT2D eigenvalue weighted by molar-refractivity contribution is -0.114. The van der Waals surface area contributed by atoms with Crippen LogP contribution in [0.2, 0.25) is 0 Å². The molecule has 0 radical (unpaired) electrons. The average molecular weight is 553 g/mol. The summed E-state index contributed by atoms with van der Waals surface area (Å²) in [6.07, 6.45) is 0.986. The maximum Gasteiger partial charge on any atom is 0.254 e. The molecule has 13 heteroatoms. The Bertz CT molecular complexity index is 1300. The average Bonchev–Trinajstić information content (AvgIpc) is 2.88. The van der Waals surface area contributed by atoms with Gasteiger partial charge < -0.3 is 15.0 Å². The number of ether oxygens (including phenoxy) is 1. The van der Waals surface area contributed by atoms with Crippen LogP contribution in [0.4, 0.5) is 11.4 Å². The summed E-state index contributed by atoms with van der Waals surface area (Å²) in [5.74, 6) is -0.789. The predicted octanol–water partition coefficient (Wildman–Crippen LogP) is 1.59. The van der Waals surface area contributed by atoms with Gasteiger partial charge in [-0.05, 0) is 48.5 Å². The van der Waals surface area contributed by atoms with Crippen molar-refractivity contribution in [1.82, 2.24) is 9.21 Å². The van der Waals surface area contributed by atoms with Gasteiger partial charge in [-0.25, -0.2) is 16.8 Å². The number of nitrogens with one attached hydrogen (secondary N) is 1. The maximum atomic E-state index is 12.7. The quantitative estimate of drug-likeness (QED) is 0.473. The number of carbonyl (C=O) groups is 2. The minimum Gasteiger partial charge on any atom is -0.378 e. The zero-order valence-corrected chi connectivity index (χ0v) is 22.7. The Morgan fingerprint density at radius 2 is 1.49 bits per heavy atom. The molecule has 2 amide bonds. The van der Waals surface area contributed by atoms with Crippen molar-refractivity contribution in [2.24, 2.45) is 0 Å². The van der Waals surface area contributed by atoms with E-state index >= 15 is 0 Å². The van der Waals surface area contributed by atoms with Gasteiger partial charge in [0, 0.05) is 37.4 Å². The molecule has 0 bridgehead atoms. The number of morpholine rings is 1. The Morgan fingerprint density at radius 3 is 2.00 bits per heavy atom. The summed E-state index contributed by atoms with van der Waals surface area (Å²) in [5.41, 5.74) is 0.962. The normalized spacial score (nSPS) is 14.4. The topological polar surface area (TPSA) is 133 Å². The van der Waals surface area contributed by atoms with Crippen LogP contribution in [0, 0.1) is 0 Å². The molecule has 0 atom stereocenters. The number of rotatable bonds is 10. The summed E-state index contributed by atoms with van der Waals surface area (Å²) in [7, 11) is -7.46. The van der Waals surface area contributed by atoms with E-state index in [1.807, 2.05) is 0 Å². The van der Waals surface area contributed by atoms with Gasteiger partial charge in [0.25, 0.3) is 5.91 Å². The first-order valence-corrected chi connectivity index (χ1v) is 15.1. The second-order valence-corrected chi connectivity index (χ2v) is 12.2. The first-order chi connectivity index (χ1) is 17.5. The van der Waals surface area contributed by atoms with Crippen molar-refractivity contribution in [3.05, 3.63) is 54.1 Å². The summed E-state index contributed by atoms with van der Waals surface area (Å²) >= 11 is 0. The predicted molar refractivity (Wildman–Crippen MR) is 141 cm³/mol. The van der Waals surface area contributed by atoms with Crippen molar-refractivity contribution in [1.29, 1.82) is 0 Å². The van der Waals surface area contributed by atoms with Crippen LogP contribution >= 0.6 is 0 Å². The van der Waals surface area contributed by atoms with Crippen molar-refractivity contribution in [3.63, 3.8) is 0 Å². The second-order valence-electron chi connectivity index (χ2n) is 8.38. The minimum absolute atomic E-state index is 0.0960. The highest BCUT2D eigenvalue weighted by Gasteiger charge is 2.24. The number of nitrogens with zero attached hydrogens (tertiary/aromatic N) is 3. The highest BCUT2D eigenvalue weighted by molar-refractivity contribution is 7.92. The summed E-state index contributed by atoms with van der Waals surface area (Å²) in [6, 6.07) is 11.7. The van der Waals surface area contributed by atoms with Gasteiger partial charge in [0.05, 0.1) is 30.1 Å². The fraction of sp³-hybridized carbons (Fsp3) is 0.417. The molecule has 3 rings (SSSR count). The van der Waals surface area contributed by atoms with Crippen LogP contribution < -0.4 is 9.62 Å². The molecule has 1 aliphatic heterocycles. The molecule has 0 aromatic heterocycles. The van der Waals surface area contributed by atoms with Crippen molar-refractivity contribution >= 4 is 43.2 Å². The number of amides is 2. The standard InChI is InChI=1S/C24H32N4O7S2/c1-4-27(5-2)37(33,34)22-12-8-20(9-13-22)25-23(29)18-28(36(3,31)32)21-10-6-19(7-11-21)24(30)26-14-16-35-17-15-26/h6-13H,4-5,14-18H2,1-3H3,(H,25,29). The van der Waals surface area contributed by atoms with E-state index in [0.717, 1.165) is 10.6 Å². The van der Waals surface area contributed by atoms with Gasteiger partial charge in [0.2, 0.25) is 26.0 Å². The molecule has 1 N–H and O–H groups in total. The number of benzene rings is 2. The minimum atomic E-state index is -3.82. The van der Waals surface area contributed by atoms with E-state index in [1.54, 1.807) is 18.7 Å². The number of carbonyl (C=O) groups excluding carboxylic acids is 2. The number of hydrogen-bond acceptors (Lipinski definition) is 7. The molecule has 11 nitrogen and oxygen atoms in total. The summed E-state index contributed by atoms with van der Waals surface area (Å²) in [4.78, 5) is 27.1. The largest absolute Gasteiger partial charge is 0.378 e.